The van der Waals surface area contributed by atoms with Crippen molar-refractivity contribution in [2.45, 2.75) is 57.2 Å². The summed E-state index contributed by atoms with van der Waals surface area (Å²) in [6.45, 7) is 2.70. The van der Waals surface area contributed by atoms with Gasteiger partial charge in [0.2, 0.25) is 0 Å². The first kappa shape index (κ1) is 11.2. The lowest BCUT2D eigenvalue weighted by atomic mass is 10.1. The van der Waals surface area contributed by atoms with Crippen LogP contribution in [0.25, 0.3) is 0 Å². The lowest BCUT2D eigenvalue weighted by Gasteiger charge is -2.18. The zero-order valence-corrected chi connectivity index (χ0v) is 10.3. The Hall–Kier alpha value is -0.940. The molecule has 2 heterocycles. The molecular formula is C12H20N4O. The highest BCUT2D eigenvalue weighted by molar-refractivity contribution is 5.06. The quantitative estimate of drug-likeness (QED) is 0.807. The molecule has 1 aromatic heterocycles. The number of aryl methyl sites for hydroxylation is 1. The van der Waals surface area contributed by atoms with Crippen LogP contribution in [-0.4, -0.2) is 32.5 Å². The maximum atomic E-state index is 9.60. The van der Waals surface area contributed by atoms with Crippen molar-refractivity contribution in [2.24, 2.45) is 0 Å². The van der Waals surface area contributed by atoms with Crippen molar-refractivity contribution >= 4 is 0 Å². The summed E-state index contributed by atoms with van der Waals surface area (Å²) < 4.78 is 2.29. The molecule has 2 fully saturated rings. The van der Waals surface area contributed by atoms with Crippen molar-refractivity contribution in [3.63, 3.8) is 0 Å². The summed E-state index contributed by atoms with van der Waals surface area (Å²) in [5.41, 5.74) is 0. The Morgan fingerprint density at radius 2 is 2.06 bits per heavy atom. The Balaban J connectivity index is 1.88. The van der Waals surface area contributed by atoms with Crippen molar-refractivity contribution in [1.82, 2.24) is 20.1 Å². The second-order valence-electron chi connectivity index (χ2n) is 5.26. The van der Waals surface area contributed by atoms with Gasteiger partial charge in [0.05, 0.1) is 12.1 Å². The molecule has 0 spiro atoms. The van der Waals surface area contributed by atoms with Crippen LogP contribution in [0.5, 0.6) is 0 Å². The molecule has 1 aromatic rings. The van der Waals surface area contributed by atoms with Gasteiger partial charge in [0.15, 0.2) is 5.82 Å². The topological polar surface area (TPSA) is 63.0 Å². The van der Waals surface area contributed by atoms with E-state index in [4.69, 9.17) is 0 Å². The third kappa shape index (κ3) is 1.98. The van der Waals surface area contributed by atoms with Gasteiger partial charge in [-0.1, -0.05) is 12.8 Å². The first-order valence-electron chi connectivity index (χ1n) is 6.58. The third-order valence-electron chi connectivity index (χ3n) is 4.00. The molecule has 1 saturated carbocycles. The molecular weight excluding hydrogens is 216 g/mol. The fourth-order valence-corrected chi connectivity index (χ4v) is 3.15. The van der Waals surface area contributed by atoms with E-state index in [2.05, 4.69) is 20.1 Å². The molecule has 5 nitrogen and oxygen atoms in total. The van der Waals surface area contributed by atoms with Crippen LogP contribution < -0.4 is 5.32 Å². The van der Waals surface area contributed by atoms with E-state index >= 15 is 0 Å². The highest BCUT2D eigenvalue weighted by Crippen LogP contribution is 2.33. The molecule has 0 radical (unpaired) electrons. The molecule has 3 rings (SSSR count). The standard InChI is InChI=1S/C12H20N4O/c1-8-14-15-12(11-6-10(17)7-13-11)16(8)9-4-2-3-5-9/h9-11,13,17H,2-7H2,1H3/t10-,11+/m1/s1. The zero-order valence-electron chi connectivity index (χ0n) is 10.3. The molecule has 1 aliphatic heterocycles. The van der Waals surface area contributed by atoms with E-state index in [0.29, 0.717) is 12.6 Å². The van der Waals surface area contributed by atoms with Gasteiger partial charge in [-0.15, -0.1) is 10.2 Å². The number of nitrogens with one attached hydrogen (secondary N) is 1. The molecule has 2 aliphatic rings. The van der Waals surface area contributed by atoms with Crippen molar-refractivity contribution < 1.29 is 5.11 Å². The number of aliphatic hydroxyl groups excluding tert-OH is 1. The summed E-state index contributed by atoms with van der Waals surface area (Å²) >= 11 is 0. The fourth-order valence-electron chi connectivity index (χ4n) is 3.15. The monoisotopic (exact) mass is 236 g/mol. The number of rotatable bonds is 2. The Kier molecular flexibility index (Phi) is 2.88. The number of aromatic nitrogens is 3. The van der Waals surface area contributed by atoms with Gasteiger partial charge in [-0.3, -0.25) is 0 Å². The zero-order chi connectivity index (χ0) is 11.8. The van der Waals surface area contributed by atoms with Gasteiger partial charge in [-0.25, -0.2) is 0 Å². The van der Waals surface area contributed by atoms with Gasteiger partial charge >= 0.3 is 0 Å². The van der Waals surface area contributed by atoms with Crippen LogP contribution in [0.2, 0.25) is 0 Å². The maximum absolute atomic E-state index is 9.60. The van der Waals surface area contributed by atoms with Crippen molar-refractivity contribution in [3.8, 4) is 0 Å². The van der Waals surface area contributed by atoms with Crippen LogP contribution in [0, 0.1) is 6.92 Å². The van der Waals surface area contributed by atoms with E-state index in [1.165, 1.54) is 25.7 Å². The summed E-state index contributed by atoms with van der Waals surface area (Å²) in [4.78, 5) is 0. The Labute approximate surface area is 101 Å². The summed E-state index contributed by atoms with van der Waals surface area (Å²) in [6.07, 6.45) is 5.60. The van der Waals surface area contributed by atoms with Crippen molar-refractivity contribution in [1.29, 1.82) is 0 Å². The van der Waals surface area contributed by atoms with Gasteiger partial charge in [-0.2, -0.15) is 0 Å². The molecule has 0 amide bonds. The number of hydrogen-bond acceptors (Lipinski definition) is 4. The molecule has 2 atom stereocenters. The highest BCUT2D eigenvalue weighted by Gasteiger charge is 2.31. The Bertz CT molecular complexity index is 397. The van der Waals surface area contributed by atoms with Crippen LogP contribution in [0.3, 0.4) is 0 Å². The van der Waals surface area contributed by atoms with E-state index in [1.807, 2.05) is 6.92 Å². The smallest absolute Gasteiger partial charge is 0.150 e. The van der Waals surface area contributed by atoms with Gasteiger partial charge in [-0.05, 0) is 26.2 Å². The van der Waals surface area contributed by atoms with Gasteiger partial charge in [0.1, 0.15) is 5.82 Å². The minimum absolute atomic E-state index is 0.173. The third-order valence-corrected chi connectivity index (χ3v) is 4.00. The summed E-state index contributed by atoms with van der Waals surface area (Å²) in [6, 6.07) is 0.742. The van der Waals surface area contributed by atoms with Crippen LogP contribution in [0.4, 0.5) is 0 Å². The summed E-state index contributed by atoms with van der Waals surface area (Å²) in [5, 5.41) is 21.5. The fraction of sp³-hybridized carbons (Fsp3) is 0.833. The maximum Gasteiger partial charge on any atom is 0.150 e. The lowest BCUT2D eigenvalue weighted by Crippen LogP contribution is -2.20. The first-order chi connectivity index (χ1) is 8.25. The summed E-state index contributed by atoms with van der Waals surface area (Å²) in [7, 11) is 0. The Morgan fingerprint density at radius 1 is 1.29 bits per heavy atom. The SMILES string of the molecule is Cc1nnc([C@@H]2C[C@@H](O)CN2)n1C1CCCC1. The highest BCUT2D eigenvalue weighted by atomic mass is 16.3. The number of nitrogens with zero attached hydrogens (tertiary/aromatic N) is 3. The molecule has 2 N–H and O–H groups in total. The van der Waals surface area contributed by atoms with Gasteiger partial charge in [0, 0.05) is 12.6 Å². The molecule has 17 heavy (non-hydrogen) atoms. The van der Waals surface area contributed by atoms with E-state index in [-0.39, 0.29) is 12.1 Å². The normalized spacial score (nSPS) is 30.2. The van der Waals surface area contributed by atoms with Crippen molar-refractivity contribution in [2.75, 3.05) is 6.54 Å². The molecule has 1 saturated heterocycles. The number of aliphatic hydroxyl groups is 1. The summed E-state index contributed by atoms with van der Waals surface area (Å²) in [5.74, 6) is 2.03. The Morgan fingerprint density at radius 3 is 2.71 bits per heavy atom. The first-order valence-corrected chi connectivity index (χ1v) is 6.58. The van der Waals surface area contributed by atoms with E-state index in [1.54, 1.807) is 0 Å². The average molecular weight is 236 g/mol. The van der Waals surface area contributed by atoms with E-state index in [0.717, 1.165) is 18.1 Å². The van der Waals surface area contributed by atoms with E-state index in [9.17, 15) is 5.11 Å². The number of β-amino-alcohol motifs (C(OH)–C–C–N with tert-alkyl or cyclic N) is 1. The predicted octanol–water partition coefficient (Wildman–Crippen LogP) is 1.10. The minimum Gasteiger partial charge on any atom is -0.392 e. The lowest BCUT2D eigenvalue weighted by molar-refractivity contribution is 0.192. The van der Waals surface area contributed by atoms with Crippen LogP contribution in [0.15, 0.2) is 0 Å². The van der Waals surface area contributed by atoms with Crippen LogP contribution >= 0.6 is 0 Å². The molecule has 0 bridgehead atoms. The largest absolute Gasteiger partial charge is 0.392 e. The molecule has 5 heteroatoms. The predicted molar refractivity (Wildman–Crippen MR) is 63.6 cm³/mol. The number of hydrogen-bond donors (Lipinski definition) is 2. The van der Waals surface area contributed by atoms with Crippen LogP contribution in [0.1, 0.15) is 55.8 Å². The molecule has 0 unspecified atom stereocenters. The van der Waals surface area contributed by atoms with Gasteiger partial charge < -0.3 is 15.0 Å². The molecule has 0 aromatic carbocycles. The van der Waals surface area contributed by atoms with Crippen LogP contribution in [-0.2, 0) is 0 Å². The van der Waals surface area contributed by atoms with Crippen molar-refractivity contribution in [3.05, 3.63) is 11.6 Å². The van der Waals surface area contributed by atoms with Gasteiger partial charge in [0.25, 0.3) is 0 Å². The molecule has 1 aliphatic carbocycles. The minimum atomic E-state index is -0.242. The average Bonchev–Trinajstić information content (AvgIpc) is 2.97. The second kappa shape index (κ2) is 4.38. The molecule has 94 valence electrons. The van der Waals surface area contributed by atoms with E-state index < -0.39 is 0 Å². The second-order valence-corrected chi connectivity index (χ2v) is 5.26.